The predicted molar refractivity (Wildman–Crippen MR) is 157 cm³/mol. The summed E-state index contributed by atoms with van der Waals surface area (Å²) in [5.41, 5.74) is 1.43. The Bertz CT molecular complexity index is 1530. The topological polar surface area (TPSA) is 114 Å². The van der Waals surface area contributed by atoms with E-state index in [2.05, 4.69) is 76.3 Å². The Balaban J connectivity index is 1.51. The molecule has 4 aromatic rings. The molecule has 10 heteroatoms. The molecule has 0 spiro atoms. The fourth-order valence-corrected chi connectivity index (χ4v) is 4.51. The van der Waals surface area contributed by atoms with Crippen molar-refractivity contribution in [2.75, 3.05) is 30.9 Å². The fraction of sp³-hybridized carbons (Fsp3) is 0.310. The van der Waals surface area contributed by atoms with Gasteiger partial charge in [-0.15, -0.1) is 0 Å². The highest BCUT2D eigenvalue weighted by Crippen LogP contribution is 2.36. The molecule has 3 aromatic heterocycles. The summed E-state index contributed by atoms with van der Waals surface area (Å²) in [6, 6.07) is 10.7. The molecule has 3 heterocycles. The highest BCUT2D eigenvalue weighted by Gasteiger charge is 2.36. The number of rotatable bonds is 8. The van der Waals surface area contributed by atoms with Gasteiger partial charge in [0.2, 0.25) is 0 Å². The quantitative estimate of drug-likeness (QED) is 0.146. The molecule has 0 saturated carbocycles. The number of fused-ring (bicyclic) bond motifs is 1. The van der Waals surface area contributed by atoms with Crippen LogP contribution in [0.25, 0.3) is 10.8 Å². The molecule has 202 valence electrons. The zero-order chi connectivity index (χ0) is 28.0. The number of hydrogen-bond donors (Lipinski definition) is 3. The first-order valence-electron chi connectivity index (χ1n) is 12.7. The first kappa shape index (κ1) is 27.8. The largest absolute Gasteiger partial charge is 0.508 e. The van der Waals surface area contributed by atoms with Gasteiger partial charge in [0.25, 0.3) is 0 Å². The number of phenolic OH excluding ortho intramolecular Hbond substituents is 1. The van der Waals surface area contributed by atoms with Crippen LogP contribution in [-0.4, -0.2) is 53.6 Å². The zero-order valence-electron chi connectivity index (χ0n) is 23.2. The molecule has 39 heavy (non-hydrogen) atoms. The Morgan fingerprint density at radius 1 is 0.949 bits per heavy atom. The highest BCUT2D eigenvalue weighted by molar-refractivity contribution is 6.74. The van der Waals surface area contributed by atoms with Gasteiger partial charge in [-0.3, -0.25) is 0 Å². The first-order valence-corrected chi connectivity index (χ1v) is 15.6. The molecule has 9 nitrogen and oxygen atoms in total. The fourth-order valence-electron chi connectivity index (χ4n) is 3.48. The van der Waals surface area contributed by atoms with Crippen molar-refractivity contribution in [3.8, 4) is 23.6 Å². The average molecular weight is 543 g/mol. The van der Waals surface area contributed by atoms with Gasteiger partial charge >= 0.3 is 6.01 Å². The SMILES string of the molecule is CNc1ncc(C#Cc2cccc(O)c2)c2cc(Nc3ccnc(OCCO[Si](C)(C)C(C)(C)C)n3)ncc12. The molecule has 0 fully saturated rings. The number of nitrogens with one attached hydrogen (secondary N) is 2. The van der Waals surface area contributed by atoms with E-state index in [1.807, 2.05) is 19.2 Å². The third-order valence-corrected chi connectivity index (χ3v) is 11.2. The van der Waals surface area contributed by atoms with Crippen molar-refractivity contribution < 1.29 is 14.3 Å². The van der Waals surface area contributed by atoms with Crippen LogP contribution in [0.1, 0.15) is 31.9 Å². The van der Waals surface area contributed by atoms with Crippen LogP contribution in [0.4, 0.5) is 17.5 Å². The van der Waals surface area contributed by atoms with Crippen molar-refractivity contribution in [2.45, 2.75) is 38.9 Å². The molecule has 0 aliphatic carbocycles. The Morgan fingerprint density at radius 2 is 1.77 bits per heavy atom. The molecule has 3 N–H and O–H groups in total. The summed E-state index contributed by atoms with van der Waals surface area (Å²) >= 11 is 0. The molecule has 1 aromatic carbocycles. The van der Waals surface area contributed by atoms with Gasteiger partial charge in [0.1, 0.15) is 29.8 Å². The normalized spacial score (nSPS) is 11.5. The molecule has 0 amide bonds. The predicted octanol–water partition coefficient (Wildman–Crippen LogP) is 5.71. The van der Waals surface area contributed by atoms with Crippen molar-refractivity contribution in [2.24, 2.45) is 0 Å². The van der Waals surface area contributed by atoms with E-state index in [0.717, 1.165) is 16.3 Å². The second-order valence-electron chi connectivity index (χ2n) is 10.5. The molecular weight excluding hydrogens is 508 g/mol. The average Bonchev–Trinajstić information content (AvgIpc) is 2.89. The van der Waals surface area contributed by atoms with Crippen LogP contribution in [0.5, 0.6) is 11.8 Å². The maximum absolute atomic E-state index is 9.74. The van der Waals surface area contributed by atoms with Gasteiger partial charge in [-0.1, -0.05) is 38.7 Å². The van der Waals surface area contributed by atoms with Gasteiger partial charge in [-0.05, 0) is 48.5 Å². The molecule has 0 atom stereocenters. The van der Waals surface area contributed by atoms with Crippen LogP contribution in [0.2, 0.25) is 18.1 Å². The molecule has 0 radical (unpaired) electrons. The molecule has 0 aliphatic heterocycles. The van der Waals surface area contributed by atoms with E-state index >= 15 is 0 Å². The van der Waals surface area contributed by atoms with Crippen LogP contribution >= 0.6 is 0 Å². The third-order valence-electron chi connectivity index (χ3n) is 6.67. The van der Waals surface area contributed by atoms with E-state index in [4.69, 9.17) is 9.16 Å². The summed E-state index contributed by atoms with van der Waals surface area (Å²) in [5, 5.41) is 17.9. The minimum atomic E-state index is -1.84. The van der Waals surface area contributed by atoms with E-state index < -0.39 is 8.32 Å². The molecule has 4 rings (SSSR count). The van der Waals surface area contributed by atoms with E-state index in [-0.39, 0.29) is 16.8 Å². The number of aromatic hydroxyl groups is 1. The first-order chi connectivity index (χ1) is 18.6. The van der Waals surface area contributed by atoms with Crippen molar-refractivity contribution >= 4 is 36.5 Å². The number of anilines is 3. The van der Waals surface area contributed by atoms with Crippen LogP contribution in [0, 0.1) is 11.8 Å². The number of nitrogens with zero attached hydrogens (tertiary/aromatic N) is 4. The number of benzene rings is 1. The van der Waals surface area contributed by atoms with Gasteiger partial charge in [0, 0.05) is 42.0 Å². The summed E-state index contributed by atoms with van der Waals surface area (Å²) in [7, 11) is -0.0270. The van der Waals surface area contributed by atoms with Crippen molar-refractivity contribution in [3.05, 3.63) is 66.1 Å². The van der Waals surface area contributed by atoms with E-state index in [1.165, 1.54) is 0 Å². The van der Waals surface area contributed by atoms with Gasteiger partial charge < -0.3 is 24.9 Å². The Kier molecular flexibility index (Phi) is 8.33. The van der Waals surface area contributed by atoms with E-state index in [1.54, 1.807) is 42.9 Å². The standard InChI is InChI=1S/C29H34N6O3Si/c1-29(2,3)39(5,6)38-15-14-37-28-31-13-12-25(35-28)34-26-17-23-21(11-10-20-8-7-9-22(36)16-20)18-33-27(30-4)24(23)19-32-26/h7-9,12-13,16-19,36H,14-15H2,1-6H3,(H,30,33)(H,31,32,34,35). The Morgan fingerprint density at radius 3 is 2.51 bits per heavy atom. The second-order valence-corrected chi connectivity index (χ2v) is 15.3. The van der Waals surface area contributed by atoms with Crippen molar-refractivity contribution in [1.82, 2.24) is 19.9 Å². The lowest BCUT2D eigenvalue weighted by Crippen LogP contribution is -2.41. The lowest BCUT2D eigenvalue weighted by Gasteiger charge is -2.36. The number of pyridine rings is 2. The summed E-state index contributed by atoms with van der Waals surface area (Å²) in [6.45, 7) is 11.9. The number of hydrogen-bond acceptors (Lipinski definition) is 9. The Hall–Kier alpha value is -4.20. The van der Waals surface area contributed by atoms with E-state index in [9.17, 15) is 5.11 Å². The Labute approximate surface area is 230 Å². The molecule has 0 saturated heterocycles. The smallest absolute Gasteiger partial charge is 0.318 e. The number of phenols is 1. The second kappa shape index (κ2) is 11.7. The molecule has 0 bridgehead atoms. The lowest BCUT2D eigenvalue weighted by molar-refractivity contribution is 0.194. The van der Waals surface area contributed by atoms with Crippen LogP contribution in [-0.2, 0) is 4.43 Å². The summed E-state index contributed by atoms with van der Waals surface area (Å²) in [5.74, 6) is 8.26. The minimum absolute atomic E-state index is 0.139. The third kappa shape index (κ3) is 7.01. The van der Waals surface area contributed by atoms with Crippen LogP contribution < -0.4 is 15.4 Å². The number of ether oxygens (including phenoxy) is 1. The van der Waals surface area contributed by atoms with Gasteiger partial charge in [-0.25, -0.2) is 15.0 Å². The van der Waals surface area contributed by atoms with Crippen molar-refractivity contribution in [3.63, 3.8) is 0 Å². The summed E-state index contributed by atoms with van der Waals surface area (Å²) in [6.07, 6.45) is 5.10. The van der Waals surface area contributed by atoms with Gasteiger partial charge in [-0.2, -0.15) is 4.98 Å². The van der Waals surface area contributed by atoms with Gasteiger partial charge in [0.05, 0.1) is 12.2 Å². The molecule has 0 unspecified atom stereocenters. The maximum atomic E-state index is 9.74. The van der Waals surface area contributed by atoms with Crippen LogP contribution in [0.3, 0.4) is 0 Å². The highest BCUT2D eigenvalue weighted by atomic mass is 28.4. The van der Waals surface area contributed by atoms with E-state index in [0.29, 0.717) is 36.2 Å². The number of aromatic nitrogens is 4. The van der Waals surface area contributed by atoms with Gasteiger partial charge in [0.15, 0.2) is 8.32 Å². The molecular formula is C29H34N6O3Si. The van der Waals surface area contributed by atoms with Crippen molar-refractivity contribution in [1.29, 1.82) is 0 Å². The monoisotopic (exact) mass is 542 g/mol. The summed E-state index contributed by atoms with van der Waals surface area (Å²) in [4.78, 5) is 17.7. The summed E-state index contributed by atoms with van der Waals surface area (Å²) < 4.78 is 11.9. The van der Waals surface area contributed by atoms with Crippen LogP contribution in [0.15, 0.2) is 55.0 Å². The maximum Gasteiger partial charge on any atom is 0.318 e. The molecule has 0 aliphatic rings. The zero-order valence-corrected chi connectivity index (χ0v) is 24.2. The minimum Gasteiger partial charge on any atom is -0.508 e. The lowest BCUT2D eigenvalue weighted by atomic mass is 10.1.